The first-order valence-corrected chi connectivity index (χ1v) is 16.4. The molecule has 3 N–H and O–H groups in total. The van der Waals surface area contributed by atoms with E-state index >= 15 is 0 Å². The largest absolute Gasteiger partial charge is 0.453 e. The highest BCUT2D eigenvalue weighted by Crippen LogP contribution is 2.52. The van der Waals surface area contributed by atoms with E-state index in [2.05, 4.69) is 68.8 Å². The van der Waals surface area contributed by atoms with Crippen molar-refractivity contribution in [2.45, 2.75) is 69.6 Å². The van der Waals surface area contributed by atoms with Crippen LogP contribution in [0.15, 0.2) is 60.9 Å². The van der Waals surface area contributed by atoms with Crippen molar-refractivity contribution >= 4 is 12.0 Å². The lowest BCUT2D eigenvalue weighted by atomic mass is 9.88. The molecule has 2 amide bonds. The summed E-state index contributed by atoms with van der Waals surface area (Å²) in [6.07, 6.45) is 9.65. The molecule has 6 atom stereocenters. The number of carbonyl (C=O) groups excluding carboxylic acids is 2. The first-order chi connectivity index (χ1) is 22.4. The van der Waals surface area contributed by atoms with Crippen LogP contribution in [-0.4, -0.2) is 69.7 Å². The number of nitrogens with one attached hydrogen (secondary N) is 3. The van der Waals surface area contributed by atoms with Crippen LogP contribution in [0.25, 0.3) is 33.6 Å². The molecule has 240 valence electrons. The standard InChI is InChI=1S/C36H42N6O4/c1-21(45-2)32(41-36(44)46-3)35(43)42-16-4-5-31(42)34-38-20-30(40-34)26-14-10-24(11-15-26)23-8-12-25(13-9-23)29-19-37-33(39-29)28-18-22-6-7-27(28)17-22/h8-15,19-22,27-28,31-32H,4-7,16-18H2,1-3H3,(H,37,39)(H,38,40)(H,41,44). The highest BCUT2D eigenvalue weighted by molar-refractivity contribution is 5.87. The number of hydrogen-bond donors (Lipinski definition) is 3. The molecule has 2 saturated carbocycles. The number of likely N-dealkylation sites (tertiary alicyclic amines) is 1. The number of H-pyrrole nitrogens is 2. The van der Waals surface area contributed by atoms with Gasteiger partial charge in [-0.15, -0.1) is 0 Å². The Morgan fingerprint density at radius 1 is 0.848 bits per heavy atom. The van der Waals surface area contributed by atoms with Gasteiger partial charge in [-0.1, -0.05) is 55.0 Å². The van der Waals surface area contributed by atoms with E-state index in [4.69, 9.17) is 14.5 Å². The summed E-state index contributed by atoms with van der Waals surface area (Å²) in [6.45, 7) is 2.33. The van der Waals surface area contributed by atoms with Gasteiger partial charge >= 0.3 is 6.09 Å². The number of ether oxygens (including phenoxy) is 2. The average molecular weight is 623 g/mol. The highest BCUT2D eigenvalue weighted by atomic mass is 16.5. The average Bonchev–Trinajstić information content (AvgIpc) is 3.94. The lowest BCUT2D eigenvalue weighted by Crippen LogP contribution is -2.54. The predicted octanol–water partition coefficient (Wildman–Crippen LogP) is 6.46. The third-order valence-electron chi connectivity index (χ3n) is 10.4. The molecule has 6 unspecified atom stereocenters. The number of carbonyl (C=O) groups is 2. The van der Waals surface area contributed by atoms with Gasteiger partial charge < -0.3 is 29.7 Å². The number of benzene rings is 2. The van der Waals surface area contributed by atoms with Crippen LogP contribution in [0.1, 0.15) is 69.1 Å². The lowest BCUT2D eigenvalue weighted by Gasteiger charge is -2.30. The second-order valence-electron chi connectivity index (χ2n) is 13.0. The fourth-order valence-corrected chi connectivity index (χ4v) is 7.78. The van der Waals surface area contributed by atoms with Crippen molar-refractivity contribution in [3.05, 3.63) is 72.6 Å². The van der Waals surface area contributed by atoms with Crippen LogP contribution in [0, 0.1) is 11.8 Å². The Morgan fingerprint density at radius 2 is 1.46 bits per heavy atom. The van der Waals surface area contributed by atoms with Crippen LogP contribution in [0.2, 0.25) is 0 Å². The molecule has 1 aliphatic heterocycles. The molecular formula is C36H42N6O4. The Bertz CT molecular complexity index is 1680. The summed E-state index contributed by atoms with van der Waals surface area (Å²) in [6, 6.07) is 16.0. The molecule has 3 aliphatic rings. The van der Waals surface area contributed by atoms with Crippen molar-refractivity contribution in [1.82, 2.24) is 30.2 Å². The maximum atomic E-state index is 13.5. The number of alkyl carbamates (subject to hydrolysis) is 1. The van der Waals surface area contributed by atoms with Crippen LogP contribution in [0.3, 0.4) is 0 Å². The van der Waals surface area contributed by atoms with Gasteiger partial charge in [-0.25, -0.2) is 14.8 Å². The molecule has 1 saturated heterocycles. The Kier molecular flexibility index (Phi) is 8.38. The number of aromatic amines is 2. The fourth-order valence-electron chi connectivity index (χ4n) is 7.78. The van der Waals surface area contributed by atoms with E-state index in [9.17, 15) is 9.59 Å². The van der Waals surface area contributed by atoms with E-state index < -0.39 is 18.2 Å². The fraction of sp³-hybridized carbons (Fsp3) is 0.444. The Hall–Kier alpha value is -4.44. The SMILES string of the molecule is COC(=O)NC(C(=O)N1CCCC1c1ncc(-c2ccc(-c3ccc(-c4cnc(C5CC6CCC5C6)[nH]4)cc3)cc2)[nH]1)C(C)OC. The molecule has 10 nitrogen and oxygen atoms in total. The number of aromatic nitrogens is 4. The van der Waals surface area contributed by atoms with Gasteiger partial charge in [-0.3, -0.25) is 4.79 Å². The molecule has 3 heterocycles. The van der Waals surface area contributed by atoms with E-state index in [1.807, 2.05) is 12.4 Å². The molecule has 2 aromatic carbocycles. The number of amides is 2. The zero-order valence-corrected chi connectivity index (χ0v) is 26.7. The Balaban J connectivity index is 1.02. The minimum atomic E-state index is -0.863. The Labute approximate surface area is 269 Å². The normalized spacial score (nSPS) is 23.4. The predicted molar refractivity (Wildman–Crippen MR) is 175 cm³/mol. The van der Waals surface area contributed by atoms with Gasteiger partial charge in [-0.2, -0.15) is 0 Å². The Morgan fingerprint density at radius 3 is 2.02 bits per heavy atom. The zero-order valence-electron chi connectivity index (χ0n) is 26.7. The van der Waals surface area contributed by atoms with Crippen molar-refractivity contribution in [2.75, 3.05) is 20.8 Å². The first kappa shape index (κ1) is 30.2. The quantitative estimate of drug-likeness (QED) is 0.197. The summed E-state index contributed by atoms with van der Waals surface area (Å²) >= 11 is 0. The highest BCUT2D eigenvalue weighted by Gasteiger charge is 2.41. The maximum Gasteiger partial charge on any atom is 0.407 e. The topological polar surface area (TPSA) is 125 Å². The number of rotatable bonds is 9. The molecule has 2 aliphatic carbocycles. The zero-order chi connectivity index (χ0) is 31.8. The van der Waals surface area contributed by atoms with Crippen LogP contribution >= 0.6 is 0 Å². The summed E-state index contributed by atoms with van der Waals surface area (Å²) in [5.74, 6) is 3.98. The molecular weight excluding hydrogens is 580 g/mol. The van der Waals surface area contributed by atoms with Gasteiger partial charge in [-0.05, 0) is 73.1 Å². The van der Waals surface area contributed by atoms with Gasteiger partial charge in [0.1, 0.15) is 17.7 Å². The summed E-state index contributed by atoms with van der Waals surface area (Å²) in [7, 11) is 2.79. The van der Waals surface area contributed by atoms with E-state index in [1.54, 1.807) is 11.8 Å². The lowest BCUT2D eigenvalue weighted by molar-refractivity contribution is -0.137. The van der Waals surface area contributed by atoms with E-state index in [1.165, 1.54) is 39.9 Å². The molecule has 0 radical (unpaired) electrons. The molecule has 3 fully saturated rings. The van der Waals surface area contributed by atoms with E-state index in [0.717, 1.165) is 70.0 Å². The van der Waals surface area contributed by atoms with Gasteiger partial charge in [0.05, 0.1) is 43.0 Å². The molecule has 7 rings (SSSR count). The van der Waals surface area contributed by atoms with Gasteiger partial charge in [0.25, 0.3) is 0 Å². The van der Waals surface area contributed by atoms with E-state index in [-0.39, 0.29) is 11.9 Å². The third kappa shape index (κ3) is 5.82. The summed E-state index contributed by atoms with van der Waals surface area (Å²) in [4.78, 5) is 43.8. The number of nitrogens with zero attached hydrogens (tertiary/aromatic N) is 3. The van der Waals surface area contributed by atoms with Gasteiger partial charge in [0.15, 0.2) is 0 Å². The minimum absolute atomic E-state index is 0.218. The molecule has 10 heteroatoms. The summed E-state index contributed by atoms with van der Waals surface area (Å²) in [5.41, 5.74) is 6.41. The van der Waals surface area contributed by atoms with Crippen molar-refractivity contribution < 1.29 is 19.1 Å². The van der Waals surface area contributed by atoms with Crippen molar-refractivity contribution in [3.8, 4) is 33.6 Å². The third-order valence-corrected chi connectivity index (χ3v) is 10.4. The maximum absolute atomic E-state index is 13.5. The summed E-state index contributed by atoms with van der Waals surface area (Å²) < 4.78 is 10.1. The molecule has 4 aromatic rings. The van der Waals surface area contributed by atoms with Crippen LogP contribution in [0.4, 0.5) is 4.79 Å². The molecule has 46 heavy (non-hydrogen) atoms. The van der Waals surface area contributed by atoms with Crippen LogP contribution < -0.4 is 5.32 Å². The van der Waals surface area contributed by atoms with Crippen molar-refractivity contribution in [2.24, 2.45) is 11.8 Å². The van der Waals surface area contributed by atoms with Crippen LogP contribution in [0.5, 0.6) is 0 Å². The van der Waals surface area contributed by atoms with Crippen molar-refractivity contribution in [3.63, 3.8) is 0 Å². The number of fused-ring (bicyclic) bond motifs is 2. The molecule has 2 bridgehead atoms. The second kappa shape index (κ2) is 12.7. The second-order valence-corrected chi connectivity index (χ2v) is 13.0. The molecule has 2 aromatic heterocycles. The van der Waals surface area contributed by atoms with Crippen LogP contribution in [-0.2, 0) is 14.3 Å². The summed E-state index contributed by atoms with van der Waals surface area (Å²) in [5, 5.41) is 2.63. The smallest absolute Gasteiger partial charge is 0.407 e. The van der Waals surface area contributed by atoms with Gasteiger partial charge in [0.2, 0.25) is 5.91 Å². The van der Waals surface area contributed by atoms with Crippen molar-refractivity contribution in [1.29, 1.82) is 0 Å². The monoisotopic (exact) mass is 622 g/mol. The number of methoxy groups -OCH3 is 2. The minimum Gasteiger partial charge on any atom is -0.453 e. The number of hydrogen-bond acceptors (Lipinski definition) is 6. The first-order valence-electron chi connectivity index (χ1n) is 16.4. The van der Waals surface area contributed by atoms with Gasteiger partial charge in [0, 0.05) is 19.6 Å². The number of imidazole rings is 2. The van der Waals surface area contributed by atoms with E-state index in [0.29, 0.717) is 12.5 Å². The molecule has 0 spiro atoms.